The van der Waals surface area contributed by atoms with E-state index in [4.69, 9.17) is 11.6 Å². The first-order valence-electron chi connectivity index (χ1n) is 6.24. The van der Waals surface area contributed by atoms with Gasteiger partial charge >= 0.3 is 0 Å². The molecular weight excluding hydrogens is 270 g/mol. The molecule has 0 spiro atoms. The van der Waals surface area contributed by atoms with Gasteiger partial charge in [0.25, 0.3) is 0 Å². The van der Waals surface area contributed by atoms with E-state index in [9.17, 15) is 5.26 Å². The van der Waals surface area contributed by atoms with E-state index in [0.717, 1.165) is 16.7 Å². The molecule has 1 heterocycles. The number of aromatic nitrogens is 2. The van der Waals surface area contributed by atoms with Crippen LogP contribution in [0.1, 0.15) is 16.7 Å². The summed E-state index contributed by atoms with van der Waals surface area (Å²) in [6.07, 6.45) is 1.74. The fraction of sp³-hybridized carbons (Fsp3) is 0.125. The van der Waals surface area contributed by atoms with Crippen LogP contribution in [-0.2, 0) is 0 Å². The Kier molecular flexibility index (Phi) is 2.96. The van der Waals surface area contributed by atoms with Crippen molar-refractivity contribution in [3.05, 3.63) is 58.4 Å². The van der Waals surface area contributed by atoms with Crippen molar-refractivity contribution in [1.82, 2.24) is 9.55 Å². The van der Waals surface area contributed by atoms with Gasteiger partial charge in [-0.2, -0.15) is 5.26 Å². The molecule has 3 rings (SSSR count). The Labute approximate surface area is 122 Å². The summed E-state index contributed by atoms with van der Waals surface area (Å²) in [6, 6.07) is 11.6. The van der Waals surface area contributed by atoms with Gasteiger partial charge in [0.1, 0.15) is 12.4 Å². The van der Waals surface area contributed by atoms with E-state index in [1.807, 2.05) is 10.6 Å². The lowest BCUT2D eigenvalue weighted by Gasteiger charge is -2.08. The molecule has 0 fully saturated rings. The number of halogens is 1. The van der Waals surface area contributed by atoms with Crippen LogP contribution >= 0.6 is 11.6 Å². The lowest BCUT2D eigenvalue weighted by molar-refractivity contribution is 1.08. The highest BCUT2D eigenvalue weighted by atomic mass is 35.5. The second-order valence-corrected chi connectivity index (χ2v) is 5.25. The molecule has 0 radical (unpaired) electrons. The molecular formula is C16H12ClN3. The number of imidazole rings is 1. The second kappa shape index (κ2) is 4.66. The Morgan fingerprint density at radius 1 is 1.15 bits per heavy atom. The summed E-state index contributed by atoms with van der Waals surface area (Å²) in [5.41, 5.74) is 5.66. The van der Waals surface area contributed by atoms with Crippen LogP contribution in [-0.4, -0.2) is 9.55 Å². The molecule has 3 nitrogen and oxygen atoms in total. The third-order valence-corrected chi connectivity index (χ3v) is 3.74. The SMILES string of the molecule is Cc1cc2ncn(-c3ccc(Cl)cc3C#N)c2cc1C. The van der Waals surface area contributed by atoms with Crippen LogP contribution in [0.25, 0.3) is 16.7 Å². The number of nitrogens with zero attached hydrogens (tertiary/aromatic N) is 3. The average molecular weight is 282 g/mol. The predicted molar refractivity (Wildman–Crippen MR) is 80.3 cm³/mol. The van der Waals surface area contributed by atoms with Gasteiger partial charge in [-0.05, 0) is 55.3 Å². The Hall–Kier alpha value is -2.31. The Balaban J connectivity index is 2.31. The molecule has 0 N–H and O–H groups in total. The summed E-state index contributed by atoms with van der Waals surface area (Å²) in [6.45, 7) is 4.13. The minimum Gasteiger partial charge on any atom is -0.297 e. The van der Waals surface area contributed by atoms with Gasteiger partial charge in [-0.1, -0.05) is 11.6 Å². The third-order valence-electron chi connectivity index (χ3n) is 3.50. The smallest absolute Gasteiger partial charge is 0.101 e. The summed E-state index contributed by atoms with van der Waals surface area (Å²) in [7, 11) is 0. The van der Waals surface area contributed by atoms with E-state index in [2.05, 4.69) is 37.0 Å². The molecule has 0 bridgehead atoms. The van der Waals surface area contributed by atoms with E-state index < -0.39 is 0 Å². The molecule has 98 valence electrons. The number of hydrogen-bond acceptors (Lipinski definition) is 2. The van der Waals surface area contributed by atoms with Gasteiger partial charge in [-0.3, -0.25) is 4.57 Å². The van der Waals surface area contributed by atoms with Gasteiger partial charge in [0.05, 0.1) is 22.3 Å². The summed E-state index contributed by atoms with van der Waals surface area (Å²) in [5, 5.41) is 9.83. The molecule has 0 amide bonds. The van der Waals surface area contributed by atoms with Crippen molar-refractivity contribution in [2.45, 2.75) is 13.8 Å². The van der Waals surface area contributed by atoms with Gasteiger partial charge in [-0.15, -0.1) is 0 Å². The van der Waals surface area contributed by atoms with Crippen LogP contribution in [0.15, 0.2) is 36.7 Å². The van der Waals surface area contributed by atoms with E-state index in [-0.39, 0.29) is 0 Å². The lowest BCUT2D eigenvalue weighted by atomic mass is 10.1. The second-order valence-electron chi connectivity index (χ2n) is 4.81. The maximum atomic E-state index is 9.27. The van der Waals surface area contributed by atoms with Gasteiger partial charge in [0, 0.05) is 5.02 Å². The fourth-order valence-corrected chi connectivity index (χ4v) is 2.44. The van der Waals surface area contributed by atoms with E-state index in [1.165, 1.54) is 11.1 Å². The number of rotatable bonds is 1. The molecule has 4 heteroatoms. The molecule has 1 aromatic heterocycles. The molecule has 0 aliphatic heterocycles. The highest BCUT2D eigenvalue weighted by Gasteiger charge is 2.10. The molecule has 0 saturated heterocycles. The van der Waals surface area contributed by atoms with E-state index in [1.54, 1.807) is 18.5 Å². The maximum absolute atomic E-state index is 9.27. The van der Waals surface area contributed by atoms with Crippen molar-refractivity contribution >= 4 is 22.6 Å². The van der Waals surface area contributed by atoms with E-state index >= 15 is 0 Å². The molecule has 0 aliphatic rings. The van der Waals surface area contributed by atoms with Crippen molar-refractivity contribution in [1.29, 1.82) is 5.26 Å². The Morgan fingerprint density at radius 2 is 1.90 bits per heavy atom. The van der Waals surface area contributed by atoms with Gasteiger partial charge in [0.15, 0.2) is 0 Å². The largest absolute Gasteiger partial charge is 0.297 e. The molecule has 2 aromatic carbocycles. The normalized spacial score (nSPS) is 10.7. The van der Waals surface area contributed by atoms with Gasteiger partial charge < -0.3 is 0 Å². The minimum absolute atomic E-state index is 0.537. The van der Waals surface area contributed by atoms with Gasteiger partial charge in [-0.25, -0.2) is 4.98 Å². The monoisotopic (exact) mass is 281 g/mol. The van der Waals surface area contributed by atoms with E-state index in [0.29, 0.717) is 10.6 Å². The minimum atomic E-state index is 0.537. The van der Waals surface area contributed by atoms with Crippen molar-refractivity contribution in [2.24, 2.45) is 0 Å². The summed E-state index contributed by atoms with van der Waals surface area (Å²) >= 11 is 5.95. The lowest BCUT2D eigenvalue weighted by Crippen LogP contribution is -1.96. The first-order chi connectivity index (χ1) is 9.60. The summed E-state index contributed by atoms with van der Waals surface area (Å²) < 4.78 is 1.93. The Bertz CT molecular complexity index is 856. The highest BCUT2D eigenvalue weighted by Crippen LogP contribution is 2.25. The number of fused-ring (bicyclic) bond motifs is 1. The number of hydrogen-bond donors (Lipinski definition) is 0. The van der Waals surface area contributed by atoms with Crippen LogP contribution < -0.4 is 0 Å². The third kappa shape index (κ3) is 1.95. The number of nitriles is 1. The number of aryl methyl sites for hydroxylation is 2. The fourth-order valence-electron chi connectivity index (χ4n) is 2.26. The van der Waals surface area contributed by atoms with Crippen LogP contribution in [0.4, 0.5) is 0 Å². The topological polar surface area (TPSA) is 41.6 Å². The molecule has 0 aliphatic carbocycles. The molecule has 0 unspecified atom stereocenters. The molecule has 3 aromatic rings. The standard InChI is InChI=1S/C16H12ClN3/c1-10-5-14-16(6-11(10)2)20(9-19-14)15-4-3-13(17)7-12(15)8-18/h3-7,9H,1-2H3. The van der Waals surface area contributed by atoms with Crippen LogP contribution in [0, 0.1) is 25.2 Å². The van der Waals surface area contributed by atoms with Crippen molar-refractivity contribution in [3.63, 3.8) is 0 Å². The van der Waals surface area contributed by atoms with Gasteiger partial charge in [0.2, 0.25) is 0 Å². The summed E-state index contributed by atoms with van der Waals surface area (Å²) in [4.78, 5) is 4.42. The quantitative estimate of drug-likeness (QED) is 0.672. The van der Waals surface area contributed by atoms with Crippen LogP contribution in [0.3, 0.4) is 0 Å². The Morgan fingerprint density at radius 3 is 2.65 bits per heavy atom. The van der Waals surface area contributed by atoms with Crippen molar-refractivity contribution in [2.75, 3.05) is 0 Å². The number of benzene rings is 2. The zero-order valence-electron chi connectivity index (χ0n) is 11.2. The molecule has 0 atom stereocenters. The first-order valence-corrected chi connectivity index (χ1v) is 6.62. The van der Waals surface area contributed by atoms with Crippen molar-refractivity contribution in [3.8, 4) is 11.8 Å². The average Bonchev–Trinajstić information content (AvgIpc) is 2.82. The molecule has 20 heavy (non-hydrogen) atoms. The molecule has 0 saturated carbocycles. The van der Waals surface area contributed by atoms with Crippen molar-refractivity contribution < 1.29 is 0 Å². The predicted octanol–water partition coefficient (Wildman–Crippen LogP) is 4.17. The van der Waals surface area contributed by atoms with Crippen LogP contribution in [0.5, 0.6) is 0 Å². The zero-order chi connectivity index (χ0) is 14.3. The zero-order valence-corrected chi connectivity index (χ0v) is 11.9. The highest BCUT2D eigenvalue weighted by molar-refractivity contribution is 6.30. The van der Waals surface area contributed by atoms with Crippen LogP contribution in [0.2, 0.25) is 5.02 Å². The summed E-state index contributed by atoms with van der Waals surface area (Å²) in [5.74, 6) is 0. The maximum Gasteiger partial charge on any atom is 0.101 e. The first kappa shape index (κ1) is 12.7.